The summed E-state index contributed by atoms with van der Waals surface area (Å²) in [6.07, 6.45) is 13.5. The molecule has 34 heavy (non-hydrogen) atoms. The van der Waals surface area contributed by atoms with Crippen molar-refractivity contribution in [2.24, 2.45) is 23.7 Å². The summed E-state index contributed by atoms with van der Waals surface area (Å²) in [6, 6.07) is 2.66. The van der Waals surface area contributed by atoms with E-state index in [1.807, 2.05) is 0 Å². The Morgan fingerprint density at radius 2 is 1.59 bits per heavy atom. The number of ether oxygens (including phenoxy) is 2. The van der Waals surface area contributed by atoms with Gasteiger partial charge in [-0.15, -0.1) is 13.2 Å². The molecule has 0 radical (unpaired) electrons. The second-order valence-electron chi connectivity index (χ2n) is 9.83. The molecule has 2 aliphatic carbocycles. The first-order chi connectivity index (χ1) is 16.2. The zero-order valence-corrected chi connectivity index (χ0v) is 19.9. The molecule has 3 nitrogen and oxygen atoms in total. The molecule has 190 valence electrons. The summed E-state index contributed by atoms with van der Waals surface area (Å²) in [5.74, 6) is -1.02. The third kappa shape index (κ3) is 8.62. The summed E-state index contributed by atoms with van der Waals surface area (Å²) in [5.41, 5.74) is 0. The highest BCUT2D eigenvalue weighted by atomic mass is 19.4. The standard InChI is InChI=1S/C27H36F4O3/c1-2-3-4-5-19-6-8-20(9-7-19)10-11-21-12-14-22(15-13-21)26(32)33-23-16-17-25(24(28)18-23)34-27(29,30)31/h10-11,16-22H,2-9,12-15H2,1H3/b11-10+/t19-,20-,21-,22-. The van der Waals surface area contributed by atoms with Gasteiger partial charge in [0.2, 0.25) is 0 Å². The maximum atomic E-state index is 13.8. The second kappa shape index (κ2) is 12.6. The molecule has 2 saturated carbocycles. The van der Waals surface area contributed by atoms with Gasteiger partial charge in [0.25, 0.3) is 0 Å². The predicted molar refractivity (Wildman–Crippen MR) is 123 cm³/mol. The zero-order chi connectivity index (χ0) is 24.6. The number of hydrogen-bond donors (Lipinski definition) is 0. The molecule has 2 fully saturated rings. The number of alkyl halides is 3. The van der Waals surface area contributed by atoms with Gasteiger partial charge in [-0.25, -0.2) is 4.39 Å². The van der Waals surface area contributed by atoms with Gasteiger partial charge in [-0.05, 0) is 81.3 Å². The quantitative estimate of drug-likeness (QED) is 0.116. The van der Waals surface area contributed by atoms with Crippen molar-refractivity contribution < 1.29 is 31.8 Å². The highest BCUT2D eigenvalue weighted by Crippen LogP contribution is 2.35. The Morgan fingerprint density at radius 1 is 0.971 bits per heavy atom. The van der Waals surface area contributed by atoms with Gasteiger partial charge in [0.05, 0.1) is 5.92 Å². The minimum Gasteiger partial charge on any atom is -0.426 e. The van der Waals surface area contributed by atoms with Gasteiger partial charge in [0.1, 0.15) is 5.75 Å². The fraction of sp³-hybridized carbons (Fsp3) is 0.667. The Kier molecular flexibility index (Phi) is 9.84. The average Bonchev–Trinajstić information content (AvgIpc) is 2.80. The van der Waals surface area contributed by atoms with Crippen LogP contribution in [0.3, 0.4) is 0 Å². The zero-order valence-electron chi connectivity index (χ0n) is 19.9. The molecule has 7 heteroatoms. The van der Waals surface area contributed by atoms with E-state index in [2.05, 4.69) is 23.8 Å². The van der Waals surface area contributed by atoms with Gasteiger partial charge in [-0.3, -0.25) is 4.79 Å². The third-order valence-corrected chi connectivity index (χ3v) is 7.22. The van der Waals surface area contributed by atoms with Gasteiger partial charge in [-0.1, -0.05) is 44.8 Å². The topological polar surface area (TPSA) is 35.5 Å². The Morgan fingerprint density at radius 3 is 2.15 bits per heavy atom. The normalized spacial score (nSPS) is 25.9. The van der Waals surface area contributed by atoms with Gasteiger partial charge in [-0.2, -0.15) is 0 Å². The van der Waals surface area contributed by atoms with Crippen LogP contribution in [-0.2, 0) is 4.79 Å². The fourth-order valence-corrected chi connectivity index (χ4v) is 5.17. The summed E-state index contributed by atoms with van der Waals surface area (Å²) in [7, 11) is 0. The van der Waals surface area contributed by atoms with E-state index < -0.39 is 23.9 Å². The first-order valence-electron chi connectivity index (χ1n) is 12.7. The van der Waals surface area contributed by atoms with Gasteiger partial charge in [0.15, 0.2) is 11.6 Å². The van der Waals surface area contributed by atoms with Crippen LogP contribution < -0.4 is 9.47 Å². The summed E-state index contributed by atoms with van der Waals surface area (Å²) >= 11 is 0. The molecule has 3 rings (SSSR count). The monoisotopic (exact) mass is 484 g/mol. The lowest BCUT2D eigenvalue weighted by Gasteiger charge is -2.28. The number of rotatable bonds is 9. The van der Waals surface area contributed by atoms with Crippen molar-refractivity contribution in [1.29, 1.82) is 0 Å². The molecule has 0 atom stereocenters. The largest absolute Gasteiger partial charge is 0.573 e. The number of halogens is 4. The predicted octanol–water partition coefficient (Wildman–Crippen LogP) is 8.38. The van der Waals surface area contributed by atoms with Crippen LogP contribution in [0, 0.1) is 29.5 Å². The molecule has 0 bridgehead atoms. The van der Waals surface area contributed by atoms with Gasteiger partial charge >= 0.3 is 12.3 Å². The van der Waals surface area contributed by atoms with Crippen LogP contribution in [0.2, 0.25) is 0 Å². The number of carbonyl (C=O) groups is 1. The molecular weight excluding hydrogens is 448 g/mol. The van der Waals surface area contributed by atoms with E-state index in [1.54, 1.807) is 0 Å². The van der Waals surface area contributed by atoms with E-state index >= 15 is 0 Å². The summed E-state index contributed by atoms with van der Waals surface area (Å²) in [4.78, 5) is 12.5. The van der Waals surface area contributed by atoms with Crippen LogP contribution in [-0.4, -0.2) is 12.3 Å². The number of carbonyl (C=O) groups excluding carboxylic acids is 1. The van der Waals surface area contributed by atoms with Crippen molar-refractivity contribution in [2.75, 3.05) is 0 Å². The maximum absolute atomic E-state index is 13.8. The van der Waals surface area contributed by atoms with Crippen molar-refractivity contribution in [1.82, 2.24) is 0 Å². The summed E-state index contributed by atoms with van der Waals surface area (Å²) in [6.45, 7) is 2.25. The maximum Gasteiger partial charge on any atom is 0.573 e. The van der Waals surface area contributed by atoms with E-state index in [-0.39, 0.29) is 11.7 Å². The summed E-state index contributed by atoms with van der Waals surface area (Å²) in [5, 5.41) is 0. The Labute approximate surface area is 199 Å². The molecule has 0 aromatic heterocycles. The highest BCUT2D eigenvalue weighted by molar-refractivity contribution is 5.75. The SMILES string of the molecule is CCCCC[C@H]1CC[C@H](/C=C/[C@H]2CC[C@H](C(=O)Oc3ccc(OC(F)(F)F)c(F)c3)CC2)CC1. The van der Waals surface area contributed by atoms with Gasteiger partial charge in [0, 0.05) is 6.07 Å². The number of unbranched alkanes of at least 4 members (excludes halogenated alkanes) is 2. The van der Waals surface area contributed by atoms with Crippen LogP contribution in [0.4, 0.5) is 17.6 Å². The third-order valence-electron chi connectivity index (χ3n) is 7.22. The van der Waals surface area contributed by atoms with Crippen molar-refractivity contribution in [3.8, 4) is 11.5 Å². The van der Waals surface area contributed by atoms with Gasteiger partial charge < -0.3 is 9.47 Å². The lowest BCUT2D eigenvalue weighted by atomic mass is 9.78. The highest BCUT2D eigenvalue weighted by Gasteiger charge is 2.33. The Balaban J connectivity index is 1.38. The van der Waals surface area contributed by atoms with Crippen LogP contribution in [0.25, 0.3) is 0 Å². The molecule has 0 saturated heterocycles. The Bertz CT molecular complexity index is 805. The second-order valence-corrected chi connectivity index (χ2v) is 9.83. The molecule has 0 spiro atoms. The van der Waals surface area contributed by atoms with Crippen LogP contribution in [0.1, 0.15) is 84.0 Å². The van der Waals surface area contributed by atoms with E-state index in [1.165, 1.54) is 51.4 Å². The summed E-state index contributed by atoms with van der Waals surface area (Å²) < 4.78 is 59.4. The molecule has 0 unspecified atom stereocenters. The Hall–Kier alpha value is -2.05. The molecule has 0 amide bonds. The van der Waals surface area contributed by atoms with E-state index in [4.69, 9.17) is 4.74 Å². The van der Waals surface area contributed by atoms with Crippen molar-refractivity contribution in [3.05, 3.63) is 36.2 Å². The average molecular weight is 485 g/mol. The van der Waals surface area contributed by atoms with E-state index in [9.17, 15) is 22.4 Å². The van der Waals surface area contributed by atoms with E-state index in [0.717, 1.165) is 37.0 Å². The lowest BCUT2D eigenvalue weighted by Crippen LogP contribution is -2.25. The van der Waals surface area contributed by atoms with Crippen LogP contribution in [0.5, 0.6) is 11.5 Å². The molecule has 2 aliphatic rings. The van der Waals surface area contributed by atoms with Crippen LogP contribution >= 0.6 is 0 Å². The van der Waals surface area contributed by atoms with Crippen molar-refractivity contribution >= 4 is 5.97 Å². The molecule has 1 aromatic carbocycles. The molecule has 1 aromatic rings. The minimum absolute atomic E-state index is 0.121. The smallest absolute Gasteiger partial charge is 0.426 e. The lowest BCUT2D eigenvalue weighted by molar-refractivity contribution is -0.275. The first kappa shape index (κ1) is 26.6. The van der Waals surface area contributed by atoms with Crippen molar-refractivity contribution in [3.63, 3.8) is 0 Å². The van der Waals surface area contributed by atoms with Crippen LogP contribution in [0.15, 0.2) is 30.4 Å². The first-order valence-corrected chi connectivity index (χ1v) is 12.7. The molecule has 0 aliphatic heterocycles. The molecule has 0 heterocycles. The minimum atomic E-state index is -4.99. The van der Waals surface area contributed by atoms with Crippen molar-refractivity contribution in [2.45, 2.75) is 90.3 Å². The molecular formula is C27H36F4O3. The number of hydrogen-bond acceptors (Lipinski definition) is 3. The molecule has 0 N–H and O–H groups in total. The fourth-order valence-electron chi connectivity index (χ4n) is 5.17. The number of esters is 1. The number of benzene rings is 1. The van der Waals surface area contributed by atoms with E-state index in [0.29, 0.717) is 24.7 Å². The number of allylic oxidation sites excluding steroid dienone is 2.